The lowest BCUT2D eigenvalue weighted by Gasteiger charge is -2.07. The Labute approximate surface area is 191 Å². The van der Waals surface area contributed by atoms with E-state index in [0.29, 0.717) is 28.3 Å². The molecule has 3 aromatic rings. The second-order valence-corrected chi connectivity index (χ2v) is 7.19. The summed E-state index contributed by atoms with van der Waals surface area (Å²) in [7, 11) is 1.58. The molecule has 0 spiro atoms. The first-order valence-electron chi connectivity index (χ1n) is 10.2. The first-order valence-corrected chi connectivity index (χ1v) is 10.2. The minimum absolute atomic E-state index is 0.125. The van der Waals surface area contributed by atoms with Crippen LogP contribution >= 0.6 is 0 Å². The summed E-state index contributed by atoms with van der Waals surface area (Å²) in [6.45, 7) is 0.240. The molecule has 0 atom stereocenters. The van der Waals surface area contributed by atoms with E-state index in [1.165, 1.54) is 0 Å². The minimum Gasteiger partial charge on any atom is -0.497 e. The number of carbonyl (C=O) groups is 2. The molecule has 1 aliphatic rings. The highest BCUT2D eigenvalue weighted by Crippen LogP contribution is 2.30. The number of rotatable bonds is 5. The van der Waals surface area contributed by atoms with Gasteiger partial charge in [-0.3, -0.25) is 9.59 Å². The zero-order valence-corrected chi connectivity index (χ0v) is 17.8. The third-order valence-electron chi connectivity index (χ3n) is 5.12. The van der Waals surface area contributed by atoms with E-state index in [-0.39, 0.29) is 23.7 Å². The molecule has 162 valence electrons. The molecular formula is C26H20N4O3. The van der Waals surface area contributed by atoms with Crippen molar-refractivity contribution in [2.75, 3.05) is 7.11 Å². The largest absolute Gasteiger partial charge is 0.497 e. The molecule has 7 heteroatoms. The van der Waals surface area contributed by atoms with Crippen LogP contribution in [0.3, 0.4) is 0 Å². The SMILES string of the molecule is COc1ccc(CNC(=O)C(C#N)=C2N=C(NC(=O)c3ccccc3)c3ccccc32)cc1. The summed E-state index contributed by atoms with van der Waals surface area (Å²) in [5.41, 5.74) is 2.69. The highest BCUT2D eigenvalue weighted by Gasteiger charge is 2.27. The number of nitriles is 1. The van der Waals surface area contributed by atoms with E-state index in [4.69, 9.17) is 4.74 Å². The van der Waals surface area contributed by atoms with Crippen molar-refractivity contribution in [2.24, 2.45) is 4.99 Å². The van der Waals surface area contributed by atoms with Crippen LogP contribution < -0.4 is 15.4 Å². The maximum Gasteiger partial charge on any atom is 0.264 e. The number of benzene rings is 3. The second kappa shape index (κ2) is 9.62. The van der Waals surface area contributed by atoms with Crippen LogP contribution in [-0.2, 0) is 11.3 Å². The lowest BCUT2D eigenvalue weighted by Crippen LogP contribution is -2.30. The molecule has 2 amide bonds. The fraction of sp³-hybridized carbons (Fsp3) is 0.0769. The summed E-state index contributed by atoms with van der Waals surface area (Å²) in [5.74, 6) is 0.141. The smallest absolute Gasteiger partial charge is 0.264 e. The molecule has 1 aliphatic heterocycles. The number of amidine groups is 1. The van der Waals surface area contributed by atoms with E-state index in [1.807, 2.05) is 30.3 Å². The summed E-state index contributed by atoms with van der Waals surface area (Å²) in [5, 5.41) is 15.3. The fourth-order valence-electron chi connectivity index (χ4n) is 3.41. The summed E-state index contributed by atoms with van der Waals surface area (Å²) in [6, 6.07) is 25.1. The molecule has 33 heavy (non-hydrogen) atoms. The van der Waals surface area contributed by atoms with E-state index in [2.05, 4.69) is 15.6 Å². The average Bonchev–Trinajstić information content (AvgIpc) is 3.22. The molecule has 4 rings (SSSR count). The van der Waals surface area contributed by atoms with Gasteiger partial charge >= 0.3 is 0 Å². The van der Waals surface area contributed by atoms with Crippen molar-refractivity contribution in [3.63, 3.8) is 0 Å². The first kappa shape index (κ1) is 21.5. The highest BCUT2D eigenvalue weighted by atomic mass is 16.5. The van der Waals surface area contributed by atoms with Crippen LogP contribution in [0.5, 0.6) is 5.75 Å². The number of amides is 2. The number of nitrogens with zero attached hydrogens (tertiary/aromatic N) is 2. The van der Waals surface area contributed by atoms with Crippen LogP contribution in [0.25, 0.3) is 5.70 Å². The molecule has 1 heterocycles. The van der Waals surface area contributed by atoms with Gasteiger partial charge in [0, 0.05) is 23.2 Å². The Hall–Kier alpha value is -4.70. The predicted molar refractivity (Wildman–Crippen MR) is 124 cm³/mol. The molecule has 3 aromatic carbocycles. The number of hydrogen-bond acceptors (Lipinski definition) is 5. The topological polar surface area (TPSA) is 104 Å². The fourth-order valence-corrected chi connectivity index (χ4v) is 3.41. The quantitative estimate of drug-likeness (QED) is 0.472. The number of aliphatic imine (C=N–C) groups is 1. The summed E-state index contributed by atoms with van der Waals surface area (Å²) in [6.07, 6.45) is 0. The average molecular weight is 436 g/mol. The maximum atomic E-state index is 12.8. The Morgan fingerprint density at radius 2 is 1.61 bits per heavy atom. The van der Waals surface area contributed by atoms with E-state index < -0.39 is 5.91 Å². The van der Waals surface area contributed by atoms with Crippen molar-refractivity contribution >= 4 is 23.3 Å². The maximum absolute atomic E-state index is 12.8. The van der Waals surface area contributed by atoms with Gasteiger partial charge in [-0.25, -0.2) is 4.99 Å². The van der Waals surface area contributed by atoms with Gasteiger partial charge in [0.25, 0.3) is 11.8 Å². The molecule has 0 fully saturated rings. The van der Waals surface area contributed by atoms with E-state index in [0.717, 1.165) is 5.56 Å². The standard InChI is InChI=1S/C26H20N4O3/c1-33-19-13-11-17(12-14-19)16-28-26(32)22(15-27)23-20-9-5-6-10-21(20)24(29-23)30-25(31)18-7-3-2-4-8-18/h2-14H,16H2,1H3,(H,28,32)(H,29,30,31). The minimum atomic E-state index is -0.544. The summed E-state index contributed by atoms with van der Waals surface area (Å²) < 4.78 is 5.13. The summed E-state index contributed by atoms with van der Waals surface area (Å²) >= 11 is 0. The Morgan fingerprint density at radius 3 is 2.27 bits per heavy atom. The van der Waals surface area contributed by atoms with Gasteiger partial charge in [0.15, 0.2) is 0 Å². The van der Waals surface area contributed by atoms with Gasteiger partial charge in [-0.1, -0.05) is 54.6 Å². The molecule has 7 nitrogen and oxygen atoms in total. The molecular weight excluding hydrogens is 416 g/mol. The van der Waals surface area contributed by atoms with Gasteiger partial charge in [-0.2, -0.15) is 5.26 Å². The van der Waals surface area contributed by atoms with Crippen LogP contribution in [0.15, 0.2) is 89.4 Å². The van der Waals surface area contributed by atoms with Gasteiger partial charge in [-0.05, 0) is 29.8 Å². The molecule has 0 aromatic heterocycles. The number of fused-ring (bicyclic) bond motifs is 1. The van der Waals surface area contributed by atoms with Crippen molar-refractivity contribution in [1.82, 2.24) is 10.6 Å². The number of methoxy groups -OCH3 is 1. The normalized spacial score (nSPS) is 13.3. The third-order valence-corrected chi connectivity index (χ3v) is 5.12. The van der Waals surface area contributed by atoms with Gasteiger partial charge in [0.05, 0.1) is 12.8 Å². The van der Waals surface area contributed by atoms with E-state index in [1.54, 1.807) is 61.7 Å². The molecule has 0 bridgehead atoms. The van der Waals surface area contributed by atoms with Gasteiger partial charge in [0.2, 0.25) is 0 Å². The Balaban J connectivity index is 1.60. The Morgan fingerprint density at radius 1 is 0.939 bits per heavy atom. The number of hydrogen-bond donors (Lipinski definition) is 2. The van der Waals surface area contributed by atoms with Crippen molar-refractivity contribution in [1.29, 1.82) is 5.26 Å². The van der Waals surface area contributed by atoms with E-state index in [9.17, 15) is 14.9 Å². The van der Waals surface area contributed by atoms with E-state index >= 15 is 0 Å². The number of carbonyl (C=O) groups excluding carboxylic acids is 2. The van der Waals surface area contributed by atoms with Crippen molar-refractivity contribution in [3.05, 3.63) is 107 Å². The molecule has 0 saturated carbocycles. The monoisotopic (exact) mass is 436 g/mol. The molecule has 0 radical (unpaired) electrons. The van der Waals surface area contributed by atoms with Crippen LogP contribution in [0.1, 0.15) is 27.0 Å². The molecule has 0 unspecified atom stereocenters. The molecule has 2 N–H and O–H groups in total. The third kappa shape index (κ3) is 4.65. The molecule has 0 saturated heterocycles. The lowest BCUT2D eigenvalue weighted by atomic mass is 10.0. The Bertz CT molecular complexity index is 1300. The summed E-state index contributed by atoms with van der Waals surface area (Å²) in [4.78, 5) is 29.9. The predicted octanol–water partition coefficient (Wildman–Crippen LogP) is 3.44. The van der Waals surface area contributed by atoms with Crippen molar-refractivity contribution < 1.29 is 14.3 Å². The first-order chi connectivity index (χ1) is 16.1. The van der Waals surface area contributed by atoms with Crippen molar-refractivity contribution in [2.45, 2.75) is 6.54 Å². The van der Waals surface area contributed by atoms with Gasteiger partial charge in [-0.15, -0.1) is 0 Å². The van der Waals surface area contributed by atoms with Crippen LogP contribution in [-0.4, -0.2) is 24.8 Å². The number of ether oxygens (including phenoxy) is 1. The number of nitrogens with one attached hydrogen (secondary N) is 2. The van der Waals surface area contributed by atoms with Crippen LogP contribution in [0.2, 0.25) is 0 Å². The second-order valence-electron chi connectivity index (χ2n) is 7.19. The zero-order valence-electron chi connectivity index (χ0n) is 17.8. The Kier molecular flexibility index (Phi) is 6.28. The zero-order chi connectivity index (χ0) is 23.2. The van der Waals surface area contributed by atoms with Gasteiger partial charge in [0.1, 0.15) is 23.2 Å². The highest BCUT2D eigenvalue weighted by molar-refractivity contribution is 6.20. The van der Waals surface area contributed by atoms with Crippen molar-refractivity contribution in [3.8, 4) is 11.8 Å². The van der Waals surface area contributed by atoms with Crippen LogP contribution in [0, 0.1) is 11.3 Å². The van der Waals surface area contributed by atoms with Gasteiger partial charge < -0.3 is 15.4 Å². The lowest BCUT2D eigenvalue weighted by molar-refractivity contribution is -0.117. The molecule has 0 aliphatic carbocycles. The van der Waals surface area contributed by atoms with Crippen LogP contribution in [0.4, 0.5) is 0 Å².